The number of benzene rings is 2. The molecule has 1 saturated heterocycles. The van der Waals surface area contributed by atoms with Crippen LogP contribution in [0, 0.1) is 6.92 Å². The van der Waals surface area contributed by atoms with Gasteiger partial charge in [-0.3, -0.25) is 19.3 Å². The molecule has 0 atom stereocenters. The van der Waals surface area contributed by atoms with E-state index in [2.05, 4.69) is 10.5 Å². The van der Waals surface area contributed by atoms with Gasteiger partial charge in [0.15, 0.2) is 0 Å². The lowest BCUT2D eigenvalue weighted by molar-refractivity contribution is -0.122. The highest BCUT2D eigenvalue weighted by Gasteiger charge is 2.35. The minimum Gasteiger partial charge on any atom is -0.360 e. The van der Waals surface area contributed by atoms with Crippen molar-refractivity contribution in [2.75, 3.05) is 13.1 Å². The van der Waals surface area contributed by atoms with Crippen LogP contribution in [0.4, 0.5) is 4.79 Å². The van der Waals surface area contributed by atoms with Gasteiger partial charge in [0.25, 0.3) is 17.1 Å². The third-order valence-electron chi connectivity index (χ3n) is 4.82. The Hall–Kier alpha value is -3.36. The Kier molecular flexibility index (Phi) is 6.43. The van der Waals surface area contributed by atoms with Gasteiger partial charge < -0.3 is 9.84 Å². The van der Waals surface area contributed by atoms with Gasteiger partial charge in [-0.25, -0.2) is 0 Å². The van der Waals surface area contributed by atoms with Crippen molar-refractivity contribution >= 4 is 46.5 Å². The fourth-order valence-electron chi connectivity index (χ4n) is 3.23. The highest BCUT2D eigenvalue weighted by Crippen LogP contribution is 2.33. The summed E-state index contributed by atoms with van der Waals surface area (Å²) in [6.07, 6.45) is 1.60. The van der Waals surface area contributed by atoms with Gasteiger partial charge >= 0.3 is 0 Å². The van der Waals surface area contributed by atoms with E-state index in [1.54, 1.807) is 37.3 Å². The van der Waals surface area contributed by atoms with Gasteiger partial charge in [-0.1, -0.05) is 65.3 Å². The van der Waals surface area contributed by atoms with E-state index < -0.39 is 11.1 Å². The smallest absolute Gasteiger partial charge is 0.293 e. The van der Waals surface area contributed by atoms with Crippen LogP contribution in [0.15, 0.2) is 64.0 Å². The average molecular weight is 468 g/mol. The second-order valence-electron chi connectivity index (χ2n) is 6.94. The maximum atomic E-state index is 12.8. The van der Waals surface area contributed by atoms with Crippen LogP contribution in [-0.4, -0.2) is 40.2 Å². The normalized spacial score (nSPS) is 14.9. The lowest BCUT2D eigenvalue weighted by atomic mass is 10.1. The highest BCUT2D eigenvalue weighted by atomic mass is 35.5. The van der Waals surface area contributed by atoms with Crippen molar-refractivity contribution in [3.63, 3.8) is 0 Å². The van der Waals surface area contributed by atoms with E-state index >= 15 is 0 Å². The number of rotatable bonds is 6. The molecule has 0 unspecified atom stereocenters. The molecule has 1 N–H and O–H groups in total. The quantitative estimate of drug-likeness (QED) is 0.525. The lowest BCUT2D eigenvalue weighted by Gasteiger charge is -2.13. The molecule has 0 saturated carbocycles. The maximum absolute atomic E-state index is 12.8. The Bertz CT molecular complexity index is 1220. The molecular formula is C23H18ClN3O4S. The molecule has 0 radical (unpaired) electrons. The number of thioether (sulfide) groups is 1. The van der Waals surface area contributed by atoms with Crippen LogP contribution in [0.5, 0.6) is 0 Å². The van der Waals surface area contributed by atoms with E-state index in [1.165, 1.54) is 0 Å². The number of carbonyl (C=O) groups is 3. The van der Waals surface area contributed by atoms with Crippen LogP contribution >= 0.6 is 23.4 Å². The molecule has 7 nitrogen and oxygen atoms in total. The summed E-state index contributed by atoms with van der Waals surface area (Å²) in [6.45, 7) is 1.79. The molecule has 1 fully saturated rings. The predicted octanol–water partition coefficient (Wildman–Crippen LogP) is 4.77. The minimum atomic E-state index is -0.416. The maximum Gasteiger partial charge on any atom is 0.293 e. The summed E-state index contributed by atoms with van der Waals surface area (Å²) in [5.41, 5.74) is 2.17. The highest BCUT2D eigenvalue weighted by molar-refractivity contribution is 8.18. The predicted molar refractivity (Wildman–Crippen MR) is 123 cm³/mol. The van der Waals surface area contributed by atoms with Crippen LogP contribution in [0.1, 0.15) is 21.7 Å². The zero-order valence-corrected chi connectivity index (χ0v) is 18.6. The Morgan fingerprint density at radius 3 is 2.62 bits per heavy atom. The van der Waals surface area contributed by atoms with Crippen molar-refractivity contribution in [1.29, 1.82) is 0 Å². The first-order valence-corrected chi connectivity index (χ1v) is 10.9. The zero-order chi connectivity index (χ0) is 22.7. The molecular weight excluding hydrogens is 450 g/mol. The van der Waals surface area contributed by atoms with E-state index in [4.69, 9.17) is 16.1 Å². The number of hydrogen-bond donors (Lipinski definition) is 1. The molecule has 2 heterocycles. The number of aromatic nitrogens is 1. The van der Waals surface area contributed by atoms with E-state index in [9.17, 15) is 14.4 Å². The fourth-order valence-corrected chi connectivity index (χ4v) is 4.27. The van der Waals surface area contributed by atoms with E-state index in [1.807, 2.05) is 30.3 Å². The van der Waals surface area contributed by atoms with E-state index in [0.717, 1.165) is 22.2 Å². The zero-order valence-electron chi connectivity index (χ0n) is 17.0. The van der Waals surface area contributed by atoms with Crippen molar-refractivity contribution in [3.8, 4) is 11.3 Å². The Labute approximate surface area is 193 Å². The van der Waals surface area contributed by atoms with Crippen molar-refractivity contribution in [2.45, 2.75) is 6.92 Å². The van der Waals surface area contributed by atoms with Gasteiger partial charge in [-0.15, -0.1) is 0 Å². The van der Waals surface area contributed by atoms with E-state index in [0.29, 0.717) is 27.6 Å². The first kappa shape index (κ1) is 21.9. The molecule has 2 aromatic carbocycles. The van der Waals surface area contributed by atoms with Crippen molar-refractivity contribution in [2.24, 2.45) is 0 Å². The number of aryl methyl sites for hydroxylation is 1. The van der Waals surface area contributed by atoms with Crippen molar-refractivity contribution < 1.29 is 18.9 Å². The molecule has 1 aromatic heterocycles. The summed E-state index contributed by atoms with van der Waals surface area (Å²) in [7, 11) is 0. The number of hydrogen-bond acceptors (Lipinski definition) is 6. The first-order chi connectivity index (χ1) is 15.5. The van der Waals surface area contributed by atoms with Crippen LogP contribution in [-0.2, 0) is 4.79 Å². The van der Waals surface area contributed by atoms with Crippen LogP contribution in [0.3, 0.4) is 0 Å². The van der Waals surface area contributed by atoms with Crippen LogP contribution in [0.2, 0.25) is 5.02 Å². The average Bonchev–Trinajstić information content (AvgIpc) is 3.30. The van der Waals surface area contributed by atoms with Gasteiger partial charge in [0, 0.05) is 23.7 Å². The summed E-state index contributed by atoms with van der Waals surface area (Å²) in [6, 6.07) is 16.3. The Morgan fingerprint density at radius 1 is 1.16 bits per heavy atom. The molecule has 9 heteroatoms. The van der Waals surface area contributed by atoms with Gasteiger partial charge in [0.1, 0.15) is 17.0 Å². The van der Waals surface area contributed by atoms with Crippen LogP contribution in [0.25, 0.3) is 17.3 Å². The summed E-state index contributed by atoms with van der Waals surface area (Å²) in [4.78, 5) is 39.1. The van der Waals surface area contributed by atoms with Gasteiger partial charge in [-0.05, 0) is 36.4 Å². The first-order valence-electron chi connectivity index (χ1n) is 9.75. The second kappa shape index (κ2) is 9.42. The molecule has 0 aliphatic carbocycles. The monoisotopic (exact) mass is 467 g/mol. The molecule has 4 rings (SSSR count). The largest absolute Gasteiger partial charge is 0.360 e. The van der Waals surface area contributed by atoms with Crippen molar-refractivity contribution in [3.05, 3.63) is 81.4 Å². The lowest BCUT2D eigenvalue weighted by Crippen LogP contribution is -2.37. The van der Waals surface area contributed by atoms with Crippen LogP contribution < -0.4 is 5.32 Å². The summed E-state index contributed by atoms with van der Waals surface area (Å²) >= 11 is 6.98. The van der Waals surface area contributed by atoms with Gasteiger partial charge in [0.2, 0.25) is 0 Å². The molecule has 1 aliphatic rings. The number of nitrogens with one attached hydrogen (secondary N) is 1. The molecule has 32 heavy (non-hydrogen) atoms. The number of halogens is 1. The van der Waals surface area contributed by atoms with E-state index in [-0.39, 0.29) is 23.9 Å². The molecule has 3 aromatic rings. The molecule has 3 amide bonds. The Balaban J connectivity index is 1.42. The molecule has 162 valence electrons. The number of imide groups is 1. The van der Waals surface area contributed by atoms with Gasteiger partial charge in [-0.2, -0.15) is 0 Å². The number of carbonyl (C=O) groups excluding carboxylic acids is 3. The Morgan fingerprint density at radius 2 is 1.88 bits per heavy atom. The molecule has 0 bridgehead atoms. The SMILES string of the molecule is Cc1onc(-c2ccccc2)c1C(=O)NCCN1C(=O)S/C(=C/c2ccccc2Cl)C1=O. The minimum absolute atomic E-state index is 0.0429. The third-order valence-corrected chi connectivity index (χ3v) is 6.07. The summed E-state index contributed by atoms with van der Waals surface area (Å²) in [5.74, 6) is -0.420. The van der Waals surface area contributed by atoms with Gasteiger partial charge in [0.05, 0.1) is 4.91 Å². The number of nitrogens with zero attached hydrogens (tertiary/aromatic N) is 2. The third kappa shape index (κ3) is 4.46. The second-order valence-corrected chi connectivity index (χ2v) is 8.34. The number of amides is 3. The fraction of sp³-hybridized carbons (Fsp3) is 0.130. The van der Waals surface area contributed by atoms with Crippen molar-refractivity contribution in [1.82, 2.24) is 15.4 Å². The summed E-state index contributed by atoms with van der Waals surface area (Å²) < 4.78 is 5.21. The summed E-state index contributed by atoms with van der Waals surface area (Å²) in [5, 5.41) is 6.84. The standard InChI is InChI=1S/C23H18ClN3O4S/c1-14-19(20(26-31-14)15-7-3-2-4-8-15)21(28)25-11-12-27-22(29)18(32-23(27)30)13-16-9-5-6-10-17(16)24/h2-10,13H,11-12H2,1H3,(H,25,28)/b18-13+. The molecule has 0 spiro atoms. The molecule has 1 aliphatic heterocycles. The topological polar surface area (TPSA) is 92.5 Å².